The van der Waals surface area contributed by atoms with Gasteiger partial charge in [0.1, 0.15) is 11.2 Å². The monoisotopic (exact) mass is 698 g/mol. The van der Waals surface area contributed by atoms with Gasteiger partial charge in [-0.25, -0.2) is 0 Å². The molecule has 0 amide bonds. The van der Waals surface area contributed by atoms with Gasteiger partial charge >= 0.3 is 0 Å². The van der Waals surface area contributed by atoms with Crippen LogP contribution in [0.15, 0.2) is 186 Å². The molecule has 0 aliphatic heterocycles. The first-order valence-corrected chi connectivity index (χ1v) is 18.9. The van der Waals surface area contributed by atoms with Gasteiger partial charge in [0.05, 0.1) is 27.5 Å². The molecule has 0 spiro atoms. The van der Waals surface area contributed by atoms with Crippen molar-refractivity contribution in [2.75, 3.05) is 0 Å². The highest BCUT2D eigenvalue weighted by Crippen LogP contribution is 2.50. The van der Waals surface area contributed by atoms with Crippen LogP contribution in [-0.4, -0.2) is 9.13 Å². The van der Waals surface area contributed by atoms with Crippen LogP contribution in [0.5, 0.6) is 0 Å². The van der Waals surface area contributed by atoms with Crippen molar-refractivity contribution in [2.24, 2.45) is 0 Å². The van der Waals surface area contributed by atoms with Crippen LogP contribution in [0.2, 0.25) is 0 Å². The molecule has 0 fully saturated rings. The second-order valence-corrected chi connectivity index (χ2v) is 14.8. The van der Waals surface area contributed by atoms with Crippen LogP contribution >= 0.6 is 0 Å². The van der Waals surface area contributed by atoms with E-state index in [4.69, 9.17) is 4.42 Å². The van der Waals surface area contributed by atoms with E-state index in [-0.39, 0.29) is 0 Å². The summed E-state index contributed by atoms with van der Waals surface area (Å²) in [5, 5.41) is 9.59. The molecule has 13 rings (SSSR count). The second-order valence-electron chi connectivity index (χ2n) is 14.8. The molecule has 1 aliphatic rings. The zero-order valence-electron chi connectivity index (χ0n) is 29.6. The zero-order valence-corrected chi connectivity index (χ0v) is 29.6. The zero-order chi connectivity index (χ0) is 35.8. The van der Waals surface area contributed by atoms with Crippen molar-refractivity contribution in [1.82, 2.24) is 9.13 Å². The van der Waals surface area contributed by atoms with Crippen molar-refractivity contribution in [3.8, 4) is 44.8 Å². The number of hydrogen-bond acceptors (Lipinski definition) is 1. The van der Waals surface area contributed by atoms with Crippen LogP contribution in [-0.2, 0) is 0 Å². The largest absolute Gasteiger partial charge is 0.455 e. The van der Waals surface area contributed by atoms with Crippen molar-refractivity contribution in [2.45, 2.75) is 0 Å². The number of rotatable bonds is 3. The van der Waals surface area contributed by atoms with E-state index in [9.17, 15) is 0 Å². The van der Waals surface area contributed by atoms with E-state index in [2.05, 4.69) is 191 Å². The highest BCUT2D eigenvalue weighted by atomic mass is 16.3. The SMILES string of the molecule is c1ccc(-c2cccc(-n3c4ccc5c6ccccc6oc5c4c4ccc5c6ccccc6n(-c6cc7c8c(cccc8c6)-c6ccccc6-7)c5c43)c2)cc1. The first kappa shape index (κ1) is 29.1. The fraction of sp³-hybridized carbons (Fsp3) is 0. The smallest absolute Gasteiger partial charge is 0.145 e. The third-order valence-electron chi connectivity index (χ3n) is 12.0. The van der Waals surface area contributed by atoms with Gasteiger partial charge in [0.15, 0.2) is 0 Å². The van der Waals surface area contributed by atoms with Gasteiger partial charge in [0.2, 0.25) is 0 Å². The summed E-state index contributed by atoms with van der Waals surface area (Å²) in [7, 11) is 0. The van der Waals surface area contributed by atoms with Gasteiger partial charge in [-0.3, -0.25) is 0 Å². The Hall–Kier alpha value is -7.36. The Labute approximate surface area is 315 Å². The lowest BCUT2D eigenvalue weighted by molar-refractivity contribution is 0.673. The van der Waals surface area contributed by atoms with Crippen LogP contribution in [0.1, 0.15) is 0 Å². The number of hydrogen-bond donors (Lipinski definition) is 0. The van der Waals surface area contributed by atoms with E-state index < -0.39 is 0 Å². The molecule has 3 aromatic heterocycles. The number of nitrogens with zero attached hydrogens (tertiary/aromatic N) is 2. The fourth-order valence-corrected chi connectivity index (χ4v) is 9.74. The summed E-state index contributed by atoms with van der Waals surface area (Å²) in [5.74, 6) is 0. The minimum absolute atomic E-state index is 0.904. The maximum Gasteiger partial charge on any atom is 0.145 e. The lowest BCUT2D eigenvalue weighted by Gasteiger charge is -2.15. The van der Waals surface area contributed by atoms with Crippen molar-refractivity contribution < 1.29 is 4.42 Å². The second kappa shape index (κ2) is 10.6. The minimum Gasteiger partial charge on any atom is -0.455 e. The van der Waals surface area contributed by atoms with Gasteiger partial charge in [0, 0.05) is 38.3 Å². The molecule has 254 valence electrons. The normalized spacial score (nSPS) is 12.4. The molecule has 55 heavy (non-hydrogen) atoms. The molecule has 1 aliphatic carbocycles. The molecule has 3 nitrogen and oxygen atoms in total. The highest BCUT2D eigenvalue weighted by molar-refractivity contribution is 6.29. The Morgan fingerprint density at radius 1 is 0.345 bits per heavy atom. The average Bonchev–Trinajstić information content (AvgIpc) is 3.98. The lowest BCUT2D eigenvalue weighted by Crippen LogP contribution is -1.99. The molecular weight excluding hydrogens is 669 g/mol. The minimum atomic E-state index is 0.904. The first-order chi connectivity index (χ1) is 27.3. The topological polar surface area (TPSA) is 23.0 Å². The van der Waals surface area contributed by atoms with Crippen molar-refractivity contribution in [3.05, 3.63) is 182 Å². The molecule has 0 N–H and O–H groups in total. The van der Waals surface area contributed by atoms with Gasteiger partial charge in [-0.05, 0) is 92.7 Å². The van der Waals surface area contributed by atoms with Gasteiger partial charge in [-0.15, -0.1) is 0 Å². The average molecular weight is 699 g/mol. The Kier molecular flexibility index (Phi) is 5.63. The lowest BCUT2D eigenvalue weighted by atomic mass is 10.0. The van der Waals surface area contributed by atoms with Crippen LogP contribution in [0.3, 0.4) is 0 Å². The molecular formula is C52H30N2O. The summed E-state index contributed by atoms with van der Waals surface area (Å²) < 4.78 is 11.8. The number of para-hydroxylation sites is 2. The van der Waals surface area contributed by atoms with E-state index in [1.807, 2.05) is 0 Å². The van der Waals surface area contributed by atoms with Crippen molar-refractivity contribution >= 4 is 76.3 Å². The summed E-state index contributed by atoms with van der Waals surface area (Å²) in [6.45, 7) is 0. The summed E-state index contributed by atoms with van der Waals surface area (Å²) in [5.41, 5.74) is 16.3. The van der Waals surface area contributed by atoms with Crippen molar-refractivity contribution in [1.29, 1.82) is 0 Å². The van der Waals surface area contributed by atoms with Crippen LogP contribution < -0.4 is 0 Å². The molecule has 9 aromatic carbocycles. The maximum absolute atomic E-state index is 6.80. The van der Waals surface area contributed by atoms with E-state index in [0.717, 1.165) is 49.7 Å². The van der Waals surface area contributed by atoms with Crippen LogP contribution in [0.4, 0.5) is 0 Å². The molecule has 12 aromatic rings. The van der Waals surface area contributed by atoms with Crippen molar-refractivity contribution in [3.63, 3.8) is 0 Å². The summed E-state index contributed by atoms with van der Waals surface area (Å²) in [6, 6.07) is 66.5. The first-order valence-electron chi connectivity index (χ1n) is 18.9. The number of benzene rings is 9. The Bertz CT molecular complexity index is 3600. The standard InChI is InChI=1S/C52H30N2O/c1-2-12-31(13-3-1)32-14-10-16-34(28-32)53-46-27-26-42-39-20-7-9-23-47(39)55-52(42)49(46)43-25-24-41-38-19-6-8-22-45(38)54(50(41)51(43)53)35-29-33-15-11-21-40-36-17-4-5-18-37(36)44(30-35)48(33)40/h1-30H. The van der Waals surface area contributed by atoms with Gasteiger partial charge in [-0.1, -0.05) is 133 Å². The van der Waals surface area contributed by atoms with Crippen LogP contribution in [0, 0.1) is 0 Å². The third kappa shape index (κ3) is 3.84. The van der Waals surface area contributed by atoms with Gasteiger partial charge in [-0.2, -0.15) is 0 Å². The molecule has 3 heteroatoms. The molecule has 0 unspecified atom stereocenters. The van der Waals surface area contributed by atoms with Gasteiger partial charge < -0.3 is 13.6 Å². The summed E-state index contributed by atoms with van der Waals surface area (Å²) >= 11 is 0. The van der Waals surface area contributed by atoms with E-state index >= 15 is 0 Å². The van der Waals surface area contributed by atoms with E-state index in [1.54, 1.807) is 0 Å². The molecule has 0 atom stereocenters. The number of fused-ring (bicyclic) bond motifs is 14. The number of aromatic nitrogens is 2. The molecule has 0 radical (unpaired) electrons. The molecule has 0 saturated heterocycles. The Balaban J connectivity index is 1.23. The summed E-state index contributed by atoms with van der Waals surface area (Å²) in [6.07, 6.45) is 0. The molecule has 0 saturated carbocycles. The third-order valence-corrected chi connectivity index (χ3v) is 12.0. The fourth-order valence-electron chi connectivity index (χ4n) is 9.74. The Morgan fingerprint density at radius 3 is 1.93 bits per heavy atom. The van der Waals surface area contributed by atoms with Crippen LogP contribution in [0.25, 0.3) is 121 Å². The predicted molar refractivity (Wildman–Crippen MR) is 230 cm³/mol. The van der Waals surface area contributed by atoms with E-state index in [0.29, 0.717) is 0 Å². The maximum atomic E-state index is 6.80. The van der Waals surface area contributed by atoms with Gasteiger partial charge in [0.25, 0.3) is 0 Å². The quantitative estimate of drug-likeness (QED) is 0.180. The molecule has 3 heterocycles. The molecule has 0 bridgehead atoms. The highest BCUT2D eigenvalue weighted by Gasteiger charge is 2.26. The van der Waals surface area contributed by atoms with E-state index in [1.165, 1.54) is 71.3 Å². The Morgan fingerprint density at radius 2 is 1.02 bits per heavy atom. The number of furan rings is 1. The summed E-state index contributed by atoms with van der Waals surface area (Å²) in [4.78, 5) is 0. The predicted octanol–water partition coefficient (Wildman–Crippen LogP) is 14.2.